The summed E-state index contributed by atoms with van der Waals surface area (Å²) >= 11 is 0. The van der Waals surface area contributed by atoms with Crippen molar-refractivity contribution in [3.8, 4) is 0 Å². The Hall–Kier alpha value is -0.160. The third-order valence-corrected chi connectivity index (χ3v) is 3.66. The lowest BCUT2D eigenvalue weighted by Gasteiger charge is -2.51. The van der Waals surface area contributed by atoms with E-state index >= 15 is 0 Å². The second-order valence-electron chi connectivity index (χ2n) is 4.74. The van der Waals surface area contributed by atoms with Crippen molar-refractivity contribution in [1.82, 2.24) is 5.32 Å². The quantitative estimate of drug-likeness (QED) is 0.602. The third kappa shape index (κ3) is 1.37. The third-order valence-electron chi connectivity index (χ3n) is 3.66. The SMILES string of the molecule is C1CC2(CCO1)CNC1(COC1)OC2. The lowest BCUT2D eigenvalue weighted by molar-refractivity contribution is -0.266. The van der Waals surface area contributed by atoms with Crippen LogP contribution in [0.4, 0.5) is 0 Å². The Morgan fingerprint density at radius 1 is 0.929 bits per heavy atom. The maximum atomic E-state index is 5.90. The maximum absolute atomic E-state index is 5.90. The van der Waals surface area contributed by atoms with Crippen LogP contribution in [0, 0.1) is 5.41 Å². The topological polar surface area (TPSA) is 39.7 Å². The Labute approximate surface area is 83.9 Å². The van der Waals surface area contributed by atoms with Gasteiger partial charge in [-0.3, -0.25) is 5.32 Å². The highest BCUT2D eigenvalue weighted by Gasteiger charge is 2.48. The van der Waals surface area contributed by atoms with E-state index in [0.29, 0.717) is 18.6 Å². The molecule has 0 radical (unpaired) electrons. The number of rotatable bonds is 0. The molecular weight excluding hydrogens is 182 g/mol. The summed E-state index contributed by atoms with van der Waals surface area (Å²) in [6.07, 6.45) is 2.24. The predicted octanol–water partition coefficient (Wildman–Crippen LogP) is 0.130. The number of hydrogen-bond acceptors (Lipinski definition) is 4. The molecule has 0 atom stereocenters. The van der Waals surface area contributed by atoms with E-state index in [0.717, 1.165) is 39.2 Å². The van der Waals surface area contributed by atoms with Crippen LogP contribution < -0.4 is 5.32 Å². The van der Waals surface area contributed by atoms with Gasteiger partial charge in [-0.1, -0.05) is 0 Å². The van der Waals surface area contributed by atoms with E-state index in [9.17, 15) is 0 Å². The molecule has 3 aliphatic rings. The van der Waals surface area contributed by atoms with E-state index < -0.39 is 0 Å². The van der Waals surface area contributed by atoms with Gasteiger partial charge in [-0.2, -0.15) is 0 Å². The predicted molar refractivity (Wildman–Crippen MR) is 50.0 cm³/mol. The Balaban J connectivity index is 1.63. The molecule has 2 spiro atoms. The fourth-order valence-electron chi connectivity index (χ4n) is 2.34. The summed E-state index contributed by atoms with van der Waals surface area (Å²) in [6.45, 7) is 5.11. The van der Waals surface area contributed by atoms with E-state index in [1.165, 1.54) is 0 Å². The fraction of sp³-hybridized carbons (Fsp3) is 1.00. The van der Waals surface area contributed by atoms with Crippen LogP contribution >= 0.6 is 0 Å². The van der Waals surface area contributed by atoms with Crippen molar-refractivity contribution in [1.29, 1.82) is 0 Å². The van der Waals surface area contributed by atoms with E-state index in [2.05, 4.69) is 5.32 Å². The Bertz CT molecular complexity index is 209. The smallest absolute Gasteiger partial charge is 0.166 e. The first kappa shape index (κ1) is 9.09. The number of ether oxygens (including phenoxy) is 3. The molecule has 0 aliphatic carbocycles. The van der Waals surface area contributed by atoms with Gasteiger partial charge in [-0.15, -0.1) is 0 Å². The molecule has 14 heavy (non-hydrogen) atoms. The van der Waals surface area contributed by atoms with E-state index in [4.69, 9.17) is 14.2 Å². The monoisotopic (exact) mass is 199 g/mol. The zero-order valence-electron chi connectivity index (χ0n) is 8.38. The molecule has 3 saturated heterocycles. The minimum Gasteiger partial charge on any atom is -0.381 e. The van der Waals surface area contributed by atoms with Crippen molar-refractivity contribution in [2.75, 3.05) is 39.6 Å². The van der Waals surface area contributed by atoms with Crippen LogP contribution in [0.25, 0.3) is 0 Å². The van der Waals surface area contributed by atoms with Crippen LogP contribution in [0.3, 0.4) is 0 Å². The molecular formula is C10H17NO3. The van der Waals surface area contributed by atoms with Gasteiger partial charge in [-0.25, -0.2) is 0 Å². The van der Waals surface area contributed by atoms with E-state index in [1.54, 1.807) is 0 Å². The minimum atomic E-state index is -0.135. The normalized spacial score (nSPS) is 34.3. The average Bonchev–Trinajstić information content (AvgIpc) is 2.18. The lowest BCUT2D eigenvalue weighted by Crippen LogP contribution is -2.69. The van der Waals surface area contributed by atoms with Crippen LogP contribution in [0.15, 0.2) is 0 Å². The van der Waals surface area contributed by atoms with E-state index in [1.807, 2.05) is 0 Å². The molecule has 0 saturated carbocycles. The summed E-state index contributed by atoms with van der Waals surface area (Å²) in [5, 5.41) is 3.49. The van der Waals surface area contributed by atoms with Gasteiger partial charge in [0.1, 0.15) is 0 Å². The highest BCUT2D eigenvalue weighted by Crippen LogP contribution is 2.36. The average molecular weight is 199 g/mol. The van der Waals surface area contributed by atoms with Gasteiger partial charge in [-0.05, 0) is 12.8 Å². The molecule has 0 aromatic heterocycles. The van der Waals surface area contributed by atoms with Gasteiger partial charge in [0.25, 0.3) is 0 Å². The Kier molecular flexibility index (Phi) is 2.06. The van der Waals surface area contributed by atoms with Crippen molar-refractivity contribution >= 4 is 0 Å². The van der Waals surface area contributed by atoms with Crippen molar-refractivity contribution in [2.24, 2.45) is 5.41 Å². The standard InChI is InChI=1S/C10H17NO3/c1-3-12-4-2-9(1)5-11-10(14-6-9)7-13-8-10/h11H,1-8H2. The highest BCUT2D eigenvalue weighted by atomic mass is 16.6. The molecule has 0 aromatic rings. The van der Waals surface area contributed by atoms with Crippen molar-refractivity contribution in [2.45, 2.75) is 18.6 Å². The van der Waals surface area contributed by atoms with Gasteiger partial charge in [0.2, 0.25) is 0 Å². The molecule has 0 amide bonds. The molecule has 4 heteroatoms. The summed E-state index contributed by atoms with van der Waals surface area (Å²) in [5.74, 6) is 0. The largest absolute Gasteiger partial charge is 0.381 e. The molecule has 80 valence electrons. The van der Waals surface area contributed by atoms with Gasteiger partial charge in [0.05, 0.1) is 19.8 Å². The summed E-state index contributed by atoms with van der Waals surface area (Å²) < 4.78 is 16.5. The zero-order valence-corrected chi connectivity index (χ0v) is 8.38. The van der Waals surface area contributed by atoms with Crippen LogP contribution in [0.5, 0.6) is 0 Å². The van der Waals surface area contributed by atoms with Gasteiger partial charge in [0, 0.05) is 25.2 Å². The Morgan fingerprint density at radius 3 is 2.21 bits per heavy atom. The second-order valence-corrected chi connectivity index (χ2v) is 4.74. The fourth-order valence-corrected chi connectivity index (χ4v) is 2.34. The molecule has 3 rings (SSSR count). The second kappa shape index (κ2) is 3.17. The molecule has 0 unspecified atom stereocenters. The summed E-state index contributed by atoms with van der Waals surface area (Å²) in [4.78, 5) is 0. The first-order chi connectivity index (χ1) is 6.83. The highest BCUT2D eigenvalue weighted by molar-refractivity contribution is 4.95. The van der Waals surface area contributed by atoms with Crippen molar-refractivity contribution in [3.63, 3.8) is 0 Å². The molecule has 4 nitrogen and oxygen atoms in total. The molecule has 3 aliphatic heterocycles. The van der Waals surface area contributed by atoms with Crippen LogP contribution in [-0.2, 0) is 14.2 Å². The minimum absolute atomic E-state index is 0.135. The van der Waals surface area contributed by atoms with Crippen LogP contribution in [-0.4, -0.2) is 45.3 Å². The molecule has 3 fully saturated rings. The summed E-state index contributed by atoms with van der Waals surface area (Å²) in [6, 6.07) is 0. The first-order valence-electron chi connectivity index (χ1n) is 5.37. The van der Waals surface area contributed by atoms with Gasteiger partial charge < -0.3 is 14.2 Å². The maximum Gasteiger partial charge on any atom is 0.166 e. The van der Waals surface area contributed by atoms with Crippen LogP contribution in [0.1, 0.15) is 12.8 Å². The van der Waals surface area contributed by atoms with Crippen molar-refractivity contribution in [3.05, 3.63) is 0 Å². The number of hydrogen-bond donors (Lipinski definition) is 1. The Morgan fingerprint density at radius 2 is 1.71 bits per heavy atom. The first-order valence-corrected chi connectivity index (χ1v) is 5.37. The molecule has 3 heterocycles. The lowest BCUT2D eigenvalue weighted by atomic mass is 9.79. The van der Waals surface area contributed by atoms with Gasteiger partial charge in [0.15, 0.2) is 5.72 Å². The van der Waals surface area contributed by atoms with E-state index in [-0.39, 0.29) is 5.72 Å². The van der Waals surface area contributed by atoms with Crippen molar-refractivity contribution < 1.29 is 14.2 Å². The van der Waals surface area contributed by atoms with Crippen LogP contribution in [0.2, 0.25) is 0 Å². The summed E-state index contributed by atoms with van der Waals surface area (Å²) in [7, 11) is 0. The molecule has 0 bridgehead atoms. The van der Waals surface area contributed by atoms with Gasteiger partial charge >= 0.3 is 0 Å². The molecule has 0 aromatic carbocycles. The zero-order chi connectivity index (χ0) is 9.49. The summed E-state index contributed by atoms with van der Waals surface area (Å²) in [5.41, 5.74) is 0.197. The number of nitrogens with one attached hydrogen (secondary N) is 1. The molecule has 1 N–H and O–H groups in total.